The smallest absolute Gasteiger partial charge is 0.337 e. The number of hydrogen-bond acceptors (Lipinski definition) is 6. The van der Waals surface area contributed by atoms with E-state index >= 15 is 0 Å². The molecule has 0 amide bonds. The van der Waals surface area contributed by atoms with Crippen molar-refractivity contribution in [3.05, 3.63) is 35.9 Å². The molecule has 0 unspecified atom stereocenters. The van der Waals surface area contributed by atoms with Crippen molar-refractivity contribution in [2.24, 2.45) is 0 Å². The summed E-state index contributed by atoms with van der Waals surface area (Å²) in [5, 5.41) is 16.7. The molecule has 1 aromatic rings. The van der Waals surface area contributed by atoms with Gasteiger partial charge in [0.2, 0.25) is 0 Å². The third-order valence-corrected chi connectivity index (χ3v) is 2.04. The summed E-state index contributed by atoms with van der Waals surface area (Å²) in [5.41, 5.74) is 11.6. The van der Waals surface area contributed by atoms with Gasteiger partial charge in [-0.2, -0.15) is 0 Å². The fourth-order valence-corrected chi connectivity index (χ4v) is 1.03. The molecule has 6 N–H and O–H groups in total. The van der Waals surface area contributed by atoms with Crippen molar-refractivity contribution in [3.8, 4) is 0 Å². The Balaban J connectivity index is 0.000000370. The van der Waals surface area contributed by atoms with Crippen LogP contribution in [0, 0.1) is 0 Å². The van der Waals surface area contributed by atoms with Crippen molar-refractivity contribution >= 4 is 23.3 Å². The third-order valence-electron chi connectivity index (χ3n) is 2.04. The summed E-state index contributed by atoms with van der Waals surface area (Å²) < 4.78 is 4.46. The maximum absolute atomic E-state index is 10.5. The van der Waals surface area contributed by atoms with Crippen molar-refractivity contribution < 1.29 is 24.5 Å². The Morgan fingerprint density at radius 3 is 2.35 bits per heavy atom. The Hall–Kier alpha value is -2.54. The lowest BCUT2D eigenvalue weighted by atomic mass is 10.1. The van der Waals surface area contributed by atoms with Gasteiger partial charge in [0.25, 0.3) is 0 Å². The monoisotopic (exact) mass is 282 g/mol. The number of hydrogen-bond donors (Lipinski definition) is 4. The van der Waals surface area contributed by atoms with Crippen LogP contribution in [0.2, 0.25) is 0 Å². The van der Waals surface area contributed by atoms with Crippen LogP contribution in [-0.2, 0) is 9.53 Å². The zero-order valence-electron chi connectivity index (χ0n) is 11.1. The highest BCUT2D eigenvalue weighted by Crippen LogP contribution is 2.18. The molecular formula is C13H18N2O5. The van der Waals surface area contributed by atoms with Crippen LogP contribution in [0.4, 0.5) is 11.4 Å². The van der Waals surface area contributed by atoms with Gasteiger partial charge in [-0.05, 0) is 19.1 Å². The molecule has 0 aliphatic carbocycles. The molecule has 0 fully saturated rings. The number of nitrogen functional groups attached to an aromatic ring is 2. The second kappa shape index (κ2) is 8.54. The molecule has 1 rings (SSSR count). The van der Waals surface area contributed by atoms with Gasteiger partial charge in [0.05, 0.1) is 23.5 Å². The number of carbonyl (C=O) groups excluding carboxylic acids is 1. The average molecular weight is 282 g/mol. The summed E-state index contributed by atoms with van der Waals surface area (Å²) in [6.07, 6.45) is 0. The van der Waals surface area contributed by atoms with Crippen LogP contribution >= 0.6 is 0 Å². The molecule has 0 aromatic heterocycles. The molecule has 20 heavy (non-hydrogen) atoms. The molecule has 0 saturated carbocycles. The molecule has 0 radical (unpaired) electrons. The molecule has 0 atom stereocenters. The minimum Gasteiger partial charge on any atom is -0.478 e. The molecule has 0 bridgehead atoms. The van der Waals surface area contributed by atoms with Gasteiger partial charge >= 0.3 is 11.9 Å². The van der Waals surface area contributed by atoms with Gasteiger partial charge < -0.3 is 26.4 Å². The number of esters is 1. The van der Waals surface area contributed by atoms with E-state index in [-0.39, 0.29) is 24.5 Å². The average Bonchev–Trinajstić information content (AvgIpc) is 2.39. The number of para-hydroxylation sites is 1. The molecule has 1 aromatic carbocycles. The largest absolute Gasteiger partial charge is 0.478 e. The van der Waals surface area contributed by atoms with Gasteiger partial charge in [0.15, 0.2) is 0 Å². The lowest BCUT2D eigenvalue weighted by molar-refractivity contribution is -0.139. The fourth-order valence-electron chi connectivity index (χ4n) is 1.03. The van der Waals surface area contributed by atoms with Crippen LogP contribution in [0.5, 0.6) is 0 Å². The standard InChI is InChI=1S/C7H8N2O2.C6H10O3/c8-5-3-1-2-4(6(5)9)7(10)11;1-5(2)6(8)9-4-3-7/h1-3H,8-9H2,(H,10,11);7H,1,3-4H2,2H3. The molecule has 0 aliphatic rings. The van der Waals surface area contributed by atoms with Crippen LogP contribution in [0.3, 0.4) is 0 Å². The van der Waals surface area contributed by atoms with E-state index in [4.69, 9.17) is 21.7 Å². The molecular weight excluding hydrogens is 264 g/mol. The first kappa shape index (κ1) is 17.5. The topological polar surface area (TPSA) is 136 Å². The Bertz CT molecular complexity index is 500. The van der Waals surface area contributed by atoms with E-state index in [0.717, 1.165) is 0 Å². The van der Waals surface area contributed by atoms with Gasteiger partial charge in [0.1, 0.15) is 6.61 Å². The minimum atomic E-state index is -1.06. The van der Waals surface area contributed by atoms with Crippen LogP contribution in [0.25, 0.3) is 0 Å². The van der Waals surface area contributed by atoms with Crippen molar-refractivity contribution in [3.63, 3.8) is 0 Å². The Morgan fingerprint density at radius 2 is 1.95 bits per heavy atom. The number of rotatable bonds is 4. The zero-order chi connectivity index (χ0) is 15.7. The number of aliphatic hydroxyl groups is 1. The SMILES string of the molecule is C=C(C)C(=O)OCCO.Nc1cccc(C(=O)O)c1N. The van der Waals surface area contributed by atoms with E-state index in [9.17, 15) is 9.59 Å². The number of benzene rings is 1. The predicted octanol–water partition coefficient (Wildman–Crippen LogP) is 0.647. The summed E-state index contributed by atoms with van der Waals surface area (Å²) in [5.74, 6) is -1.51. The van der Waals surface area contributed by atoms with Gasteiger partial charge in [0, 0.05) is 5.57 Å². The summed E-state index contributed by atoms with van der Waals surface area (Å²) in [6, 6.07) is 4.52. The second-order valence-corrected chi connectivity index (χ2v) is 3.75. The van der Waals surface area contributed by atoms with E-state index < -0.39 is 11.9 Å². The van der Waals surface area contributed by atoms with E-state index in [0.29, 0.717) is 11.3 Å². The lowest BCUT2D eigenvalue weighted by Crippen LogP contribution is -2.08. The molecule has 7 nitrogen and oxygen atoms in total. The minimum absolute atomic E-state index is 0.0463. The van der Waals surface area contributed by atoms with E-state index in [1.54, 1.807) is 19.1 Å². The second-order valence-electron chi connectivity index (χ2n) is 3.75. The number of nitrogens with two attached hydrogens (primary N) is 2. The van der Waals surface area contributed by atoms with Crippen LogP contribution in [0.1, 0.15) is 17.3 Å². The van der Waals surface area contributed by atoms with E-state index in [1.807, 2.05) is 0 Å². The Morgan fingerprint density at radius 1 is 1.35 bits per heavy atom. The molecule has 110 valence electrons. The van der Waals surface area contributed by atoms with Crippen LogP contribution in [-0.4, -0.2) is 35.4 Å². The van der Waals surface area contributed by atoms with Crippen LogP contribution in [0.15, 0.2) is 30.4 Å². The van der Waals surface area contributed by atoms with Gasteiger partial charge in [-0.15, -0.1) is 0 Å². The number of anilines is 2. The summed E-state index contributed by atoms with van der Waals surface area (Å²) in [4.78, 5) is 20.9. The first-order valence-electron chi connectivity index (χ1n) is 5.62. The number of carboxylic acid groups (broad SMARTS) is 1. The fraction of sp³-hybridized carbons (Fsp3) is 0.231. The van der Waals surface area contributed by atoms with Crippen molar-refractivity contribution in [1.82, 2.24) is 0 Å². The number of aliphatic hydroxyl groups excluding tert-OH is 1. The summed E-state index contributed by atoms with van der Waals surface area (Å²) in [7, 11) is 0. The number of carboxylic acids is 1. The van der Waals surface area contributed by atoms with Gasteiger partial charge in [-0.3, -0.25) is 0 Å². The normalized spacial score (nSPS) is 9.10. The Kier molecular flexibility index (Phi) is 7.46. The first-order chi connectivity index (χ1) is 9.31. The highest BCUT2D eigenvalue weighted by Gasteiger charge is 2.07. The highest BCUT2D eigenvalue weighted by atomic mass is 16.5. The van der Waals surface area contributed by atoms with Crippen molar-refractivity contribution in [1.29, 1.82) is 0 Å². The maximum atomic E-state index is 10.5. The van der Waals surface area contributed by atoms with E-state index in [1.165, 1.54) is 6.07 Å². The number of aromatic carboxylic acids is 1. The number of carbonyl (C=O) groups is 2. The molecule has 0 aliphatic heterocycles. The zero-order valence-corrected chi connectivity index (χ0v) is 11.1. The number of ether oxygens (including phenoxy) is 1. The van der Waals surface area contributed by atoms with Crippen LogP contribution < -0.4 is 11.5 Å². The van der Waals surface area contributed by atoms with Gasteiger partial charge in [-0.1, -0.05) is 12.6 Å². The Labute approximate surface area is 116 Å². The summed E-state index contributed by atoms with van der Waals surface area (Å²) >= 11 is 0. The highest BCUT2D eigenvalue weighted by molar-refractivity contribution is 5.96. The molecule has 0 saturated heterocycles. The quantitative estimate of drug-likeness (QED) is 0.361. The molecule has 0 spiro atoms. The van der Waals surface area contributed by atoms with Crippen molar-refractivity contribution in [2.45, 2.75) is 6.92 Å². The molecule has 0 heterocycles. The summed E-state index contributed by atoms with van der Waals surface area (Å²) in [6.45, 7) is 4.81. The van der Waals surface area contributed by atoms with E-state index in [2.05, 4.69) is 11.3 Å². The molecule has 7 heteroatoms. The van der Waals surface area contributed by atoms with Crippen molar-refractivity contribution in [2.75, 3.05) is 24.7 Å². The lowest BCUT2D eigenvalue weighted by Gasteiger charge is -2.01. The third kappa shape index (κ3) is 5.87. The first-order valence-corrected chi connectivity index (χ1v) is 5.62. The van der Waals surface area contributed by atoms with Gasteiger partial charge in [-0.25, -0.2) is 9.59 Å². The maximum Gasteiger partial charge on any atom is 0.337 e. The predicted molar refractivity (Wildman–Crippen MR) is 75.1 cm³/mol.